The van der Waals surface area contributed by atoms with E-state index in [1.807, 2.05) is 6.07 Å². The van der Waals surface area contributed by atoms with Crippen molar-refractivity contribution in [3.05, 3.63) is 41.7 Å². The summed E-state index contributed by atoms with van der Waals surface area (Å²) in [7, 11) is 1.79. The number of anilines is 2. The van der Waals surface area contributed by atoms with Gasteiger partial charge in [0.25, 0.3) is 0 Å². The molecule has 0 fully saturated rings. The van der Waals surface area contributed by atoms with Crippen LogP contribution in [0.15, 0.2) is 30.5 Å². The highest BCUT2D eigenvalue weighted by molar-refractivity contribution is 5.67. The van der Waals surface area contributed by atoms with Gasteiger partial charge in [-0.1, -0.05) is 0 Å². The van der Waals surface area contributed by atoms with Crippen LogP contribution in [0, 0.1) is 0 Å². The van der Waals surface area contributed by atoms with Crippen LogP contribution in [0.3, 0.4) is 0 Å². The van der Waals surface area contributed by atoms with E-state index in [1.165, 1.54) is 6.07 Å². The van der Waals surface area contributed by atoms with Crippen molar-refractivity contribution < 1.29 is 13.2 Å². The maximum absolute atomic E-state index is 12.5. The number of nitrogens with two attached hydrogens (primary N) is 1. The molecular weight excluding hydrogens is 257 g/mol. The van der Waals surface area contributed by atoms with Gasteiger partial charge in [0.05, 0.1) is 29.2 Å². The van der Waals surface area contributed by atoms with Gasteiger partial charge in [0.15, 0.2) is 0 Å². The average Bonchev–Trinajstić information content (AvgIpc) is 2.72. The third-order valence-corrected chi connectivity index (χ3v) is 2.61. The Hall–Kier alpha value is -2.18. The van der Waals surface area contributed by atoms with Gasteiger partial charge in [0, 0.05) is 13.2 Å². The highest BCUT2D eigenvalue weighted by atomic mass is 19.4. The molecule has 0 aliphatic carbocycles. The minimum Gasteiger partial charge on any atom is -0.397 e. The van der Waals surface area contributed by atoms with Crippen LogP contribution in [0.25, 0.3) is 0 Å². The van der Waals surface area contributed by atoms with Crippen LogP contribution in [0.5, 0.6) is 0 Å². The number of benzene rings is 1. The van der Waals surface area contributed by atoms with Crippen molar-refractivity contribution in [2.24, 2.45) is 7.05 Å². The number of rotatable bonds is 3. The van der Waals surface area contributed by atoms with Crippen LogP contribution in [0.4, 0.5) is 24.5 Å². The minimum absolute atomic E-state index is 0.0609. The molecule has 0 aliphatic heterocycles. The first-order chi connectivity index (χ1) is 8.86. The third kappa shape index (κ3) is 3.18. The Balaban J connectivity index is 2.09. The van der Waals surface area contributed by atoms with E-state index in [-0.39, 0.29) is 5.69 Å². The van der Waals surface area contributed by atoms with Crippen LogP contribution in [-0.2, 0) is 19.8 Å². The van der Waals surface area contributed by atoms with Crippen molar-refractivity contribution in [1.82, 2.24) is 9.78 Å². The number of hydrogen-bond donors (Lipinski definition) is 2. The molecule has 0 spiro atoms. The Labute approximate surface area is 108 Å². The molecule has 0 aliphatic rings. The Bertz CT molecular complexity index is 575. The lowest BCUT2D eigenvalue weighted by Crippen LogP contribution is -2.08. The second-order valence-corrected chi connectivity index (χ2v) is 4.13. The summed E-state index contributed by atoms with van der Waals surface area (Å²) < 4.78 is 39.0. The summed E-state index contributed by atoms with van der Waals surface area (Å²) >= 11 is 0. The second kappa shape index (κ2) is 4.83. The molecule has 102 valence electrons. The zero-order valence-corrected chi connectivity index (χ0v) is 10.2. The van der Waals surface area contributed by atoms with Crippen molar-refractivity contribution in [2.75, 3.05) is 11.1 Å². The predicted molar refractivity (Wildman–Crippen MR) is 66.4 cm³/mol. The topological polar surface area (TPSA) is 55.9 Å². The molecule has 4 nitrogen and oxygen atoms in total. The van der Waals surface area contributed by atoms with Gasteiger partial charge in [0.2, 0.25) is 0 Å². The molecule has 0 bridgehead atoms. The van der Waals surface area contributed by atoms with Crippen molar-refractivity contribution in [3.8, 4) is 0 Å². The highest BCUT2D eigenvalue weighted by Crippen LogP contribution is 2.32. The van der Waals surface area contributed by atoms with Gasteiger partial charge in [-0.2, -0.15) is 18.3 Å². The van der Waals surface area contributed by atoms with Gasteiger partial charge >= 0.3 is 6.18 Å². The lowest BCUT2D eigenvalue weighted by Gasteiger charge is -2.11. The average molecular weight is 270 g/mol. The van der Waals surface area contributed by atoms with Crippen molar-refractivity contribution in [2.45, 2.75) is 12.7 Å². The normalized spacial score (nSPS) is 11.6. The van der Waals surface area contributed by atoms with Crippen molar-refractivity contribution in [3.63, 3.8) is 0 Å². The first kappa shape index (κ1) is 13.3. The van der Waals surface area contributed by atoms with Crippen LogP contribution in [0.2, 0.25) is 0 Å². The summed E-state index contributed by atoms with van der Waals surface area (Å²) in [4.78, 5) is 0. The summed E-state index contributed by atoms with van der Waals surface area (Å²) in [5, 5.41) is 7.10. The van der Waals surface area contributed by atoms with E-state index < -0.39 is 11.7 Å². The van der Waals surface area contributed by atoms with Gasteiger partial charge in [-0.05, 0) is 24.3 Å². The molecule has 7 heteroatoms. The molecule has 0 radical (unpaired) electrons. The first-order valence-electron chi connectivity index (χ1n) is 5.55. The molecule has 0 unspecified atom stereocenters. The molecule has 1 aromatic carbocycles. The molecule has 2 aromatic rings. The number of aromatic nitrogens is 2. The summed E-state index contributed by atoms with van der Waals surface area (Å²) in [6.45, 7) is 0.399. The number of nitrogens with zero attached hydrogens (tertiary/aromatic N) is 2. The summed E-state index contributed by atoms with van der Waals surface area (Å²) in [5.41, 5.74) is 6.14. The first-order valence-corrected chi connectivity index (χ1v) is 5.55. The molecule has 0 saturated carbocycles. The summed E-state index contributed by atoms with van der Waals surface area (Å²) in [6, 6.07) is 5.05. The van der Waals surface area contributed by atoms with Crippen molar-refractivity contribution >= 4 is 11.4 Å². The Kier molecular flexibility index (Phi) is 3.37. The predicted octanol–water partition coefficient (Wildman–Crippen LogP) is 2.63. The maximum atomic E-state index is 12.5. The van der Waals surface area contributed by atoms with Gasteiger partial charge in [-0.25, -0.2) is 0 Å². The van der Waals surface area contributed by atoms with E-state index in [0.717, 1.165) is 17.8 Å². The third-order valence-electron chi connectivity index (χ3n) is 2.61. The van der Waals surface area contributed by atoms with E-state index in [4.69, 9.17) is 5.73 Å². The monoisotopic (exact) mass is 270 g/mol. The van der Waals surface area contributed by atoms with Gasteiger partial charge in [0.1, 0.15) is 0 Å². The highest BCUT2D eigenvalue weighted by Gasteiger charge is 2.30. The Morgan fingerprint density at radius 3 is 2.58 bits per heavy atom. The SMILES string of the molecule is Cn1ccc(CNc2ccc(C(F)(F)F)cc2N)n1. The summed E-state index contributed by atoms with van der Waals surface area (Å²) in [6.07, 6.45) is -2.60. The number of alkyl halides is 3. The second-order valence-electron chi connectivity index (χ2n) is 4.13. The fourth-order valence-electron chi connectivity index (χ4n) is 1.64. The number of halogens is 3. The zero-order chi connectivity index (χ0) is 14.0. The molecule has 1 aromatic heterocycles. The molecule has 19 heavy (non-hydrogen) atoms. The quantitative estimate of drug-likeness (QED) is 0.843. The lowest BCUT2D eigenvalue weighted by molar-refractivity contribution is -0.137. The van der Waals surface area contributed by atoms with Gasteiger partial charge < -0.3 is 11.1 Å². The molecule has 3 N–H and O–H groups in total. The molecule has 0 atom stereocenters. The van der Waals surface area contributed by atoms with Crippen molar-refractivity contribution in [1.29, 1.82) is 0 Å². The van der Waals surface area contributed by atoms with Crippen LogP contribution >= 0.6 is 0 Å². The fourth-order valence-corrected chi connectivity index (χ4v) is 1.64. The molecule has 1 heterocycles. The fraction of sp³-hybridized carbons (Fsp3) is 0.250. The number of nitrogens with one attached hydrogen (secondary N) is 1. The smallest absolute Gasteiger partial charge is 0.397 e. The van der Waals surface area contributed by atoms with E-state index in [2.05, 4.69) is 10.4 Å². The Morgan fingerprint density at radius 1 is 1.32 bits per heavy atom. The van der Waals surface area contributed by atoms with Crippen LogP contribution in [0.1, 0.15) is 11.3 Å². The molecular formula is C12H13F3N4. The van der Waals surface area contributed by atoms with E-state index >= 15 is 0 Å². The van der Waals surface area contributed by atoms with E-state index in [1.54, 1.807) is 17.9 Å². The van der Waals surface area contributed by atoms with Crippen LogP contribution in [-0.4, -0.2) is 9.78 Å². The molecule has 0 amide bonds. The van der Waals surface area contributed by atoms with Gasteiger partial charge in [-0.15, -0.1) is 0 Å². The van der Waals surface area contributed by atoms with E-state index in [9.17, 15) is 13.2 Å². The number of aryl methyl sites for hydroxylation is 1. The number of nitrogen functional groups attached to an aromatic ring is 1. The largest absolute Gasteiger partial charge is 0.416 e. The standard InChI is InChI=1S/C12H13F3N4/c1-19-5-4-9(18-19)7-17-11-3-2-8(6-10(11)16)12(13,14)15/h2-6,17H,7,16H2,1H3. The van der Waals surface area contributed by atoms with Crippen LogP contribution < -0.4 is 11.1 Å². The minimum atomic E-state index is -4.38. The molecule has 0 saturated heterocycles. The van der Waals surface area contributed by atoms with E-state index in [0.29, 0.717) is 12.2 Å². The zero-order valence-electron chi connectivity index (χ0n) is 10.2. The molecule has 2 rings (SSSR count). The summed E-state index contributed by atoms with van der Waals surface area (Å²) in [5.74, 6) is 0. The number of hydrogen-bond acceptors (Lipinski definition) is 3. The Morgan fingerprint density at radius 2 is 2.05 bits per heavy atom. The van der Waals surface area contributed by atoms with Gasteiger partial charge in [-0.3, -0.25) is 4.68 Å². The maximum Gasteiger partial charge on any atom is 0.416 e. The lowest BCUT2D eigenvalue weighted by atomic mass is 10.1.